The van der Waals surface area contributed by atoms with Gasteiger partial charge in [-0.05, 0) is 11.6 Å². The molecule has 0 saturated carbocycles. The van der Waals surface area contributed by atoms with Gasteiger partial charge in [0.15, 0.2) is 17.5 Å². The highest BCUT2D eigenvalue weighted by Crippen LogP contribution is 2.32. The summed E-state index contributed by atoms with van der Waals surface area (Å²) in [7, 11) is 0. The van der Waals surface area contributed by atoms with Crippen molar-refractivity contribution in [3.05, 3.63) is 71.0 Å². The fraction of sp³-hybridized carbons (Fsp3) is 0.200. The van der Waals surface area contributed by atoms with E-state index in [-0.39, 0.29) is 5.56 Å². The summed E-state index contributed by atoms with van der Waals surface area (Å²) >= 11 is 0. The lowest BCUT2D eigenvalue weighted by Crippen LogP contribution is -2.11. The predicted molar refractivity (Wildman–Crippen MR) is 66.1 cm³/mol. The molecule has 19 heavy (non-hydrogen) atoms. The first-order valence-electron chi connectivity index (χ1n) is 5.88. The van der Waals surface area contributed by atoms with Crippen LogP contribution in [-0.4, -0.2) is 5.11 Å². The quantitative estimate of drug-likeness (QED) is 0.834. The molecule has 2 rings (SSSR count). The van der Waals surface area contributed by atoms with E-state index in [0.29, 0.717) is 0 Å². The second-order valence-corrected chi connectivity index (χ2v) is 4.41. The summed E-state index contributed by atoms with van der Waals surface area (Å²) in [6.45, 7) is 1.70. The topological polar surface area (TPSA) is 20.2 Å². The number of aliphatic hydroxyl groups excluding tert-OH is 1. The van der Waals surface area contributed by atoms with Crippen LogP contribution in [0.2, 0.25) is 0 Å². The molecule has 1 N–H and O–H groups in total. The third-order valence-electron chi connectivity index (χ3n) is 3.18. The maximum atomic E-state index is 13.6. The van der Waals surface area contributed by atoms with Crippen LogP contribution in [0.5, 0.6) is 0 Å². The monoisotopic (exact) mass is 266 g/mol. The van der Waals surface area contributed by atoms with E-state index >= 15 is 0 Å². The number of benzene rings is 2. The maximum Gasteiger partial charge on any atom is 0.194 e. The van der Waals surface area contributed by atoms with Gasteiger partial charge in [-0.2, -0.15) is 0 Å². The van der Waals surface area contributed by atoms with Crippen molar-refractivity contribution in [3.63, 3.8) is 0 Å². The van der Waals surface area contributed by atoms with Gasteiger partial charge in [0.25, 0.3) is 0 Å². The number of aliphatic hydroxyl groups is 1. The molecule has 0 aromatic heterocycles. The van der Waals surface area contributed by atoms with Gasteiger partial charge in [-0.3, -0.25) is 0 Å². The molecule has 0 fully saturated rings. The molecule has 0 bridgehead atoms. The molecule has 100 valence electrons. The van der Waals surface area contributed by atoms with Crippen LogP contribution in [-0.2, 0) is 0 Å². The van der Waals surface area contributed by atoms with Crippen molar-refractivity contribution in [2.45, 2.75) is 18.9 Å². The van der Waals surface area contributed by atoms with Crippen molar-refractivity contribution in [2.24, 2.45) is 0 Å². The fourth-order valence-electron chi connectivity index (χ4n) is 1.98. The molecule has 0 amide bonds. The van der Waals surface area contributed by atoms with E-state index in [0.717, 1.165) is 17.7 Å². The molecule has 0 radical (unpaired) electrons. The molecule has 2 aromatic rings. The summed E-state index contributed by atoms with van der Waals surface area (Å²) in [4.78, 5) is 0. The maximum absolute atomic E-state index is 13.6. The number of hydrogen-bond donors (Lipinski definition) is 1. The Hall–Kier alpha value is -1.81. The zero-order valence-electron chi connectivity index (χ0n) is 10.3. The first-order chi connectivity index (χ1) is 9.02. The lowest BCUT2D eigenvalue weighted by Gasteiger charge is -2.20. The normalized spacial score (nSPS) is 14.2. The summed E-state index contributed by atoms with van der Waals surface area (Å²) in [6, 6.07) is 10.9. The summed E-state index contributed by atoms with van der Waals surface area (Å²) < 4.78 is 39.6. The largest absolute Gasteiger partial charge is 0.388 e. The summed E-state index contributed by atoms with van der Waals surface area (Å²) in [6.07, 6.45) is -1.24. The average Bonchev–Trinajstić information content (AvgIpc) is 2.44. The SMILES string of the molecule is CC(c1ccccc1)C(O)c1ccc(F)c(F)c1F. The van der Waals surface area contributed by atoms with E-state index in [4.69, 9.17) is 0 Å². The standard InChI is InChI=1S/C15H13F3O/c1-9(10-5-3-2-4-6-10)15(19)11-7-8-12(16)14(18)13(11)17/h2-9,15,19H,1H3. The Bertz CT molecular complexity index is 569. The van der Waals surface area contributed by atoms with Gasteiger partial charge in [-0.25, -0.2) is 13.2 Å². The molecular weight excluding hydrogens is 253 g/mol. The van der Waals surface area contributed by atoms with Gasteiger partial charge < -0.3 is 5.11 Å². The number of rotatable bonds is 3. The Morgan fingerprint density at radius 1 is 0.895 bits per heavy atom. The summed E-state index contributed by atoms with van der Waals surface area (Å²) in [5.41, 5.74) is 0.550. The molecule has 2 atom stereocenters. The average molecular weight is 266 g/mol. The van der Waals surface area contributed by atoms with Crippen LogP contribution in [0.15, 0.2) is 42.5 Å². The second-order valence-electron chi connectivity index (χ2n) is 4.41. The molecule has 2 unspecified atom stereocenters. The molecule has 0 spiro atoms. The van der Waals surface area contributed by atoms with Crippen LogP contribution < -0.4 is 0 Å². The third-order valence-corrected chi connectivity index (χ3v) is 3.18. The van der Waals surface area contributed by atoms with Crippen LogP contribution in [0.3, 0.4) is 0 Å². The van der Waals surface area contributed by atoms with Gasteiger partial charge in [0.2, 0.25) is 0 Å². The minimum atomic E-state index is -1.56. The van der Waals surface area contributed by atoms with Crippen LogP contribution in [0, 0.1) is 17.5 Å². The Kier molecular flexibility index (Phi) is 3.90. The van der Waals surface area contributed by atoms with Crippen molar-refractivity contribution in [1.82, 2.24) is 0 Å². The minimum absolute atomic E-state index is 0.241. The Balaban J connectivity index is 2.35. The van der Waals surface area contributed by atoms with Crippen LogP contribution in [0.1, 0.15) is 30.1 Å². The molecule has 0 aliphatic heterocycles. The highest BCUT2D eigenvalue weighted by Gasteiger charge is 2.24. The van der Waals surface area contributed by atoms with Crippen molar-refractivity contribution < 1.29 is 18.3 Å². The molecule has 0 heterocycles. The molecule has 0 saturated heterocycles. The van der Waals surface area contributed by atoms with E-state index in [1.807, 2.05) is 6.07 Å². The lowest BCUT2D eigenvalue weighted by molar-refractivity contribution is 0.145. The van der Waals surface area contributed by atoms with E-state index in [2.05, 4.69) is 0 Å². The zero-order valence-corrected chi connectivity index (χ0v) is 10.3. The van der Waals surface area contributed by atoms with Gasteiger partial charge in [-0.1, -0.05) is 43.3 Å². The van der Waals surface area contributed by atoms with E-state index in [1.54, 1.807) is 31.2 Å². The van der Waals surface area contributed by atoms with Crippen molar-refractivity contribution in [1.29, 1.82) is 0 Å². The van der Waals surface area contributed by atoms with E-state index in [1.165, 1.54) is 0 Å². The predicted octanol–water partition coefficient (Wildman–Crippen LogP) is 3.94. The molecule has 1 nitrogen and oxygen atoms in total. The highest BCUT2D eigenvalue weighted by atomic mass is 19.2. The first-order valence-corrected chi connectivity index (χ1v) is 5.88. The van der Waals surface area contributed by atoms with Gasteiger partial charge in [0, 0.05) is 11.5 Å². The molecule has 0 aliphatic rings. The third kappa shape index (κ3) is 2.63. The number of halogens is 3. The van der Waals surface area contributed by atoms with Crippen molar-refractivity contribution in [3.8, 4) is 0 Å². The smallest absolute Gasteiger partial charge is 0.194 e. The molecule has 4 heteroatoms. The summed E-state index contributed by atoms with van der Waals surface area (Å²) in [5, 5.41) is 10.1. The molecule has 2 aromatic carbocycles. The Morgan fingerprint density at radius 2 is 1.53 bits per heavy atom. The Labute approximate surface area is 109 Å². The van der Waals surface area contributed by atoms with Gasteiger partial charge in [0.05, 0.1) is 6.10 Å². The van der Waals surface area contributed by atoms with Gasteiger partial charge in [0.1, 0.15) is 0 Å². The van der Waals surface area contributed by atoms with Crippen molar-refractivity contribution in [2.75, 3.05) is 0 Å². The zero-order chi connectivity index (χ0) is 14.0. The van der Waals surface area contributed by atoms with E-state index in [9.17, 15) is 18.3 Å². The number of hydrogen-bond acceptors (Lipinski definition) is 1. The van der Waals surface area contributed by atoms with Crippen LogP contribution >= 0.6 is 0 Å². The van der Waals surface area contributed by atoms with Gasteiger partial charge >= 0.3 is 0 Å². The first kappa shape index (κ1) is 13.6. The fourth-order valence-corrected chi connectivity index (χ4v) is 1.98. The Morgan fingerprint density at radius 3 is 2.16 bits per heavy atom. The molecule has 0 aliphatic carbocycles. The lowest BCUT2D eigenvalue weighted by atomic mass is 9.90. The highest BCUT2D eigenvalue weighted by molar-refractivity contribution is 5.28. The van der Waals surface area contributed by atoms with Crippen molar-refractivity contribution >= 4 is 0 Å². The second kappa shape index (κ2) is 5.45. The van der Waals surface area contributed by atoms with E-state index < -0.39 is 29.5 Å². The molecular formula is C15H13F3O. The summed E-state index contributed by atoms with van der Waals surface area (Å²) in [5.74, 6) is -4.59. The van der Waals surface area contributed by atoms with Crippen LogP contribution in [0.25, 0.3) is 0 Å². The van der Waals surface area contributed by atoms with Crippen LogP contribution in [0.4, 0.5) is 13.2 Å². The van der Waals surface area contributed by atoms with Gasteiger partial charge in [-0.15, -0.1) is 0 Å². The minimum Gasteiger partial charge on any atom is -0.388 e.